The molecule has 0 spiro atoms. The maximum absolute atomic E-state index is 12.5. The standard InChI is InChI=1S/C14H29NO3S/c1-6-8-9-10-11-13(12(16)7-2)15(11)19(17,18)14(3,4)5/h11-13,16H,6-10H2,1-5H3/t11?,12?,13-,15?/m0/s1. The van der Waals surface area contributed by atoms with Crippen LogP contribution in [0.3, 0.4) is 0 Å². The smallest absolute Gasteiger partial charge is 0.219 e. The van der Waals surface area contributed by atoms with Crippen LogP contribution in [0.2, 0.25) is 0 Å². The summed E-state index contributed by atoms with van der Waals surface area (Å²) in [5, 5.41) is 10.0. The SMILES string of the molecule is CCCCCC1[C@@H](C(O)CC)N1S(=O)(=O)C(C)(C)C. The number of aliphatic hydroxyl groups excluding tert-OH is 1. The number of rotatable bonds is 7. The molecular weight excluding hydrogens is 262 g/mol. The zero-order chi connectivity index (χ0) is 14.8. The maximum atomic E-state index is 12.5. The van der Waals surface area contributed by atoms with Crippen LogP contribution < -0.4 is 0 Å². The molecule has 1 aliphatic rings. The molecule has 0 radical (unpaired) electrons. The zero-order valence-electron chi connectivity index (χ0n) is 12.9. The zero-order valence-corrected chi connectivity index (χ0v) is 13.7. The van der Waals surface area contributed by atoms with Gasteiger partial charge in [0.05, 0.1) is 16.9 Å². The first kappa shape index (κ1) is 16.9. The van der Waals surface area contributed by atoms with Gasteiger partial charge in [-0.15, -0.1) is 0 Å². The van der Waals surface area contributed by atoms with E-state index >= 15 is 0 Å². The Bertz CT molecular complexity index is 386. The maximum Gasteiger partial charge on any atom is 0.219 e. The third kappa shape index (κ3) is 3.50. The average Bonchev–Trinajstić information content (AvgIpc) is 3.02. The van der Waals surface area contributed by atoms with Gasteiger partial charge in [0.1, 0.15) is 0 Å². The van der Waals surface area contributed by atoms with Crippen LogP contribution in [0.15, 0.2) is 0 Å². The molecule has 0 bridgehead atoms. The fourth-order valence-electron chi connectivity index (χ4n) is 2.50. The number of aliphatic hydroxyl groups is 1. The van der Waals surface area contributed by atoms with Gasteiger partial charge in [-0.05, 0) is 33.6 Å². The average molecular weight is 291 g/mol. The van der Waals surface area contributed by atoms with Crippen molar-refractivity contribution in [2.45, 2.75) is 89.7 Å². The highest BCUT2D eigenvalue weighted by Crippen LogP contribution is 2.42. The van der Waals surface area contributed by atoms with E-state index < -0.39 is 20.9 Å². The summed E-state index contributed by atoms with van der Waals surface area (Å²) in [5.74, 6) is 0. The first-order valence-corrected chi connectivity index (χ1v) is 8.83. The summed E-state index contributed by atoms with van der Waals surface area (Å²) in [7, 11) is -3.32. The molecular formula is C14H29NO3S. The van der Waals surface area contributed by atoms with Gasteiger partial charge in [0.25, 0.3) is 0 Å². The largest absolute Gasteiger partial charge is 0.391 e. The van der Waals surface area contributed by atoms with E-state index in [0.717, 1.165) is 25.7 Å². The van der Waals surface area contributed by atoms with Crippen LogP contribution in [0.5, 0.6) is 0 Å². The highest BCUT2D eigenvalue weighted by atomic mass is 32.2. The Hall–Kier alpha value is -0.130. The summed E-state index contributed by atoms with van der Waals surface area (Å²) < 4.78 is 25.8. The lowest BCUT2D eigenvalue weighted by Crippen LogP contribution is -2.36. The molecule has 0 amide bonds. The van der Waals surface area contributed by atoms with Crippen molar-refractivity contribution in [3.63, 3.8) is 0 Å². The molecule has 1 fully saturated rings. The quantitative estimate of drug-likeness (QED) is 0.579. The van der Waals surface area contributed by atoms with Gasteiger partial charge in [0.15, 0.2) is 0 Å². The highest BCUT2D eigenvalue weighted by molar-refractivity contribution is 7.90. The van der Waals surface area contributed by atoms with Crippen LogP contribution in [0.4, 0.5) is 0 Å². The molecule has 1 aliphatic heterocycles. The van der Waals surface area contributed by atoms with E-state index in [2.05, 4.69) is 6.92 Å². The van der Waals surface area contributed by atoms with Crippen LogP contribution >= 0.6 is 0 Å². The van der Waals surface area contributed by atoms with Crippen molar-refractivity contribution in [1.29, 1.82) is 0 Å². The molecule has 1 rings (SSSR count). The summed E-state index contributed by atoms with van der Waals surface area (Å²) in [6, 6.07) is -0.197. The van der Waals surface area contributed by atoms with Gasteiger partial charge in [0.2, 0.25) is 10.0 Å². The Morgan fingerprint density at radius 2 is 1.79 bits per heavy atom. The second-order valence-corrected chi connectivity index (χ2v) is 9.07. The van der Waals surface area contributed by atoms with Crippen molar-refractivity contribution in [3.05, 3.63) is 0 Å². The first-order chi connectivity index (χ1) is 8.68. The van der Waals surface area contributed by atoms with Gasteiger partial charge in [-0.1, -0.05) is 33.1 Å². The summed E-state index contributed by atoms with van der Waals surface area (Å²) in [6.07, 6.45) is 4.21. The second kappa shape index (κ2) is 6.10. The van der Waals surface area contributed by atoms with Crippen LogP contribution in [-0.4, -0.2) is 40.8 Å². The lowest BCUT2D eigenvalue weighted by Gasteiger charge is -2.21. The van der Waals surface area contributed by atoms with Crippen molar-refractivity contribution < 1.29 is 13.5 Å². The van der Waals surface area contributed by atoms with Gasteiger partial charge >= 0.3 is 0 Å². The molecule has 114 valence electrons. The minimum atomic E-state index is -3.32. The second-order valence-electron chi connectivity index (χ2n) is 6.48. The molecule has 3 unspecified atom stereocenters. The Labute approximate surface area is 118 Å². The van der Waals surface area contributed by atoms with Crippen LogP contribution in [0.1, 0.15) is 66.7 Å². The fraction of sp³-hybridized carbons (Fsp3) is 1.00. The fourth-order valence-corrected chi connectivity index (χ4v) is 4.27. The Morgan fingerprint density at radius 3 is 2.21 bits per heavy atom. The lowest BCUT2D eigenvalue weighted by atomic mass is 10.1. The molecule has 0 aromatic carbocycles. The minimum Gasteiger partial charge on any atom is -0.391 e. The van der Waals surface area contributed by atoms with Gasteiger partial charge in [-0.3, -0.25) is 0 Å². The molecule has 0 aromatic heterocycles. The highest BCUT2D eigenvalue weighted by Gasteiger charge is 2.59. The third-order valence-corrected chi connectivity index (χ3v) is 6.51. The van der Waals surface area contributed by atoms with Crippen LogP contribution in [-0.2, 0) is 10.0 Å². The summed E-state index contributed by atoms with van der Waals surface area (Å²) in [6.45, 7) is 9.19. The Balaban J connectivity index is 2.80. The van der Waals surface area contributed by atoms with E-state index in [-0.39, 0.29) is 12.1 Å². The van der Waals surface area contributed by atoms with Crippen molar-refractivity contribution in [2.75, 3.05) is 0 Å². The van der Waals surface area contributed by atoms with E-state index in [1.54, 1.807) is 25.1 Å². The van der Waals surface area contributed by atoms with Gasteiger partial charge < -0.3 is 5.11 Å². The Morgan fingerprint density at radius 1 is 1.21 bits per heavy atom. The number of unbranched alkanes of at least 4 members (excludes halogenated alkanes) is 2. The van der Waals surface area contributed by atoms with Gasteiger partial charge in [-0.2, -0.15) is 4.31 Å². The predicted octanol–water partition coefficient (Wildman–Crippen LogP) is 2.52. The Kier molecular flexibility index (Phi) is 5.43. The number of sulfonamides is 1. The van der Waals surface area contributed by atoms with E-state index in [1.807, 2.05) is 6.92 Å². The predicted molar refractivity (Wildman–Crippen MR) is 78.5 cm³/mol. The molecule has 1 heterocycles. The molecule has 1 N–H and O–H groups in total. The number of nitrogens with zero attached hydrogens (tertiary/aromatic N) is 1. The molecule has 0 aliphatic carbocycles. The third-order valence-electron chi connectivity index (χ3n) is 3.89. The molecule has 1 saturated heterocycles. The number of hydrogen-bond acceptors (Lipinski definition) is 3. The summed E-state index contributed by atoms with van der Waals surface area (Å²) in [5.41, 5.74) is 0. The van der Waals surface area contributed by atoms with Crippen molar-refractivity contribution in [2.24, 2.45) is 0 Å². The topological polar surface area (TPSA) is 57.4 Å². The normalized spacial score (nSPS) is 29.3. The van der Waals surface area contributed by atoms with Gasteiger partial charge in [0, 0.05) is 6.04 Å². The van der Waals surface area contributed by atoms with Crippen LogP contribution in [0.25, 0.3) is 0 Å². The summed E-state index contributed by atoms with van der Waals surface area (Å²) in [4.78, 5) is 0. The van der Waals surface area contributed by atoms with E-state index in [0.29, 0.717) is 6.42 Å². The van der Waals surface area contributed by atoms with E-state index in [9.17, 15) is 13.5 Å². The van der Waals surface area contributed by atoms with Crippen molar-refractivity contribution >= 4 is 10.0 Å². The molecule has 0 aromatic rings. The van der Waals surface area contributed by atoms with Gasteiger partial charge in [-0.25, -0.2) is 8.42 Å². The lowest BCUT2D eigenvalue weighted by molar-refractivity contribution is 0.159. The molecule has 0 saturated carbocycles. The van der Waals surface area contributed by atoms with Crippen LogP contribution in [0, 0.1) is 0 Å². The monoisotopic (exact) mass is 291 g/mol. The molecule has 4 atom stereocenters. The van der Waals surface area contributed by atoms with E-state index in [4.69, 9.17) is 0 Å². The minimum absolute atomic E-state index is 0.00530. The first-order valence-electron chi connectivity index (χ1n) is 7.39. The number of hydrogen-bond donors (Lipinski definition) is 1. The van der Waals surface area contributed by atoms with E-state index in [1.165, 1.54) is 0 Å². The van der Waals surface area contributed by atoms with Crippen molar-refractivity contribution in [3.8, 4) is 0 Å². The molecule has 19 heavy (non-hydrogen) atoms. The van der Waals surface area contributed by atoms with Crippen molar-refractivity contribution in [1.82, 2.24) is 4.31 Å². The summed E-state index contributed by atoms with van der Waals surface area (Å²) >= 11 is 0. The molecule has 5 heteroatoms. The molecule has 4 nitrogen and oxygen atoms in total.